The van der Waals surface area contributed by atoms with Gasteiger partial charge in [0.25, 0.3) is 11.6 Å². The number of thiazole rings is 1. The summed E-state index contributed by atoms with van der Waals surface area (Å²) in [5.41, 5.74) is 0.452. The first kappa shape index (κ1) is 16.6. The fraction of sp³-hybridized carbons (Fsp3) is 0.125. The van der Waals surface area contributed by atoms with Gasteiger partial charge in [-0.2, -0.15) is 0 Å². The number of carbonyl (C=O) groups excluding carboxylic acids is 1. The Balaban J connectivity index is 1.61. The van der Waals surface area contributed by atoms with E-state index < -0.39 is 10.8 Å². The molecule has 0 saturated heterocycles. The number of nitro benzene ring substituents is 1. The number of anilines is 1. The minimum absolute atomic E-state index is 0.0304. The van der Waals surface area contributed by atoms with E-state index >= 15 is 0 Å². The standard InChI is InChI=1S/C16H10ClN3O5S/c17-9-2-1-8(5-11(9)20(22)23)15(21)19-16-18-10-6-12-13(7-14(10)26-16)25-4-3-24-12/h1-2,5-7H,3-4H2,(H,18,19,21). The molecule has 3 aromatic rings. The van der Waals surface area contributed by atoms with Crippen LogP contribution in [0.25, 0.3) is 10.2 Å². The lowest BCUT2D eigenvalue weighted by atomic mass is 10.2. The average molecular weight is 392 g/mol. The van der Waals surface area contributed by atoms with Crippen molar-refractivity contribution in [2.45, 2.75) is 0 Å². The Bertz CT molecular complexity index is 1010. The van der Waals surface area contributed by atoms with E-state index in [1.54, 1.807) is 6.07 Å². The number of ether oxygens (including phenoxy) is 2. The average Bonchev–Trinajstić information content (AvgIpc) is 3.00. The molecule has 132 valence electrons. The third-order valence-corrected chi connectivity index (χ3v) is 4.93. The third-order valence-electron chi connectivity index (χ3n) is 3.68. The van der Waals surface area contributed by atoms with Crippen LogP contribution in [0.15, 0.2) is 30.3 Å². The van der Waals surface area contributed by atoms with Crippen molar-refractivity contribution in [3.63, 3.8) is 0 Å². The molecule has 0 fully saturated rings. The maximum atomic E-state index is 12.4. The third kappa shape index (κ3) is 3.02. The highest BCUT2D eigenvalue weighted by atomic mass is 35.5. The highest BCUT2D eigenvalue weighted by Gasteiger charge is 2.19. The second-order valence-electron chi connectivity index (χ2n) is 5.36. The number of amides is 1. The number of halogens is 1. The molecule has 2 aromatic carbocycles. The van der Waals surface area contributed by atoms with Gasteiger partial charge in [-0.3, -0.25) is 20.2 Å². The van der Waals surface area contributed by atoms with Crippen molar-refractivity contribution in [1.29, 1.82) is 0 Å². The smallest absolute Gasteiger partial charge is 0.288 e. The summed E-state index contributed by atoms with van der Waals surface area (Å²) in [5, 5.41) is 13.9. The summed E-state index contributed by atoms with van der Waals surface area (Å²) < 4.78 is 11.9. The van der Waals surface area contributed by atoms with Crippen LogP contribution >= 0.6 is 22.9 Å². The lowest BCUT2D eigenvalue weighted by Crippen LogP contribution is -2.15. The highest BCUT2D eigenvalue weighted by molar-refractivity contribution is 7.22. The largest absolute Gasteiger partial charge is 0.486 e. The van der Waals surface area contributed by atoms with E-state index in [1.807, 2.05) is 6.07 Å². The molecule has 0 unspecified atom stereocenters. The molecule has 0 saturated carbocycles. The molecule has 8 nitrogen and oxygen atoms in total. The summed E-state index contributed by atoms with van der Waals surface area (Å²) in [6.07, 6.45) is 0. The number of fused-ring (bicyclic) bond motifs is 2. The van der Waals surface area contributed by atoms with Crippen molar-refractivity contribution in [3.8, 4) is 11.5 Å². The Morgan fingerprint density at radius 1 is 1.23 bits per heavy atom. The van der Waals surface area contributed by atoms with Crippen LogP contribution in [0, 0.1) is 10.1 Å². The summed E-state index contributed by atoms with van der Waals surface area (Å²) in [7, 11) is 0. The zero-order valence-electron chi connectivity index (χ0n) is 13.0. The molecule has 10 heteroatoms. The Hall–Kier alpha value is -2.91. The van der Waals surface area contributed by atoms with Crippen molar-refractivity contribution >= 4 is 49.9 Å². The van der Waals surface area contributed by atoms with E-state index in [1.165, 1.54) is 23.5 Å². The van der Waals surface area contributed by atoms with Crippen LogP contribution in [0.4, 0.5) is 10.8 Å². The first-order valence-electron chi connectivity index (χ1n) is 7.47. The van der Waals surface area contributed by atoms with Gasteiger partial charge >= 0.3 is 0 Å². The first-order chi connectivity index (χ1) is 12.5. The molecule has 26 heavy (non-hydrogen) atoms. The second kappa shape index (κ2) is 6.43. The van der Waals surface area contributed by atoms with Crippen LogP contribution in [0.2, 0.25) is 5.02 Å². The molecule has 0 aliphatic carbocycles. The lowest BCUT2D eigenvalue weighted by Gasteiger charge is -2.17. The summed E-state index contributed by atoms with van der Waals surface area (Å²) in [5.74, 6) is 0.736. The minimum Gasteiger partial charge on any atom is -0.486 e. The molecule has 0 spiro atoms. The maximum Gasteiger partial charge on any atom is 0.288 e. The Labute approximate surface area is 155 Å². The van der Waals surface area contributed by atoms with Crippen molar-refractivity contribution in [3.05, 3.63) is 51.0 Å². The molecule has 1 aromatic heterocycles. The molecule has 2 heterocycles. The molecular formula is C16H10ClN3O5S. The van der Waals surface area contributed by atoms with Crippen LogP contribution in [0.1, 0.15) is 10.4 Å². The van der Waals surface area contributed by atoms with Crippen LogP contribution in [-0.2, 0) is 0 Å². The van der Waals surface area contributed by atoms with E-state index in [9.17, 15) is 14.9 Å². The second-order valence-corrected chi connectivity index (χ2v) is 6.80. The van der Waals surface area contributed by atoms with Gasteiger partial charge in [0.1, 0.15) is 18.2 Å². The molecule has 4 rings (SSSR count). The van der Waals surface area contributed by atoms with Crippen LogP contribution in [-0.4, -0.2) is 29.0 Å². The van der Waals surface area contributed by atoms with E-state index in [0.29, 0.717) is 35.4 Å². The number of hydrogen-bond acceptors (Lipinski definition) is 7. The van der Waals surface area contributed by atoms with Crippen molar-refractivity contribution < 1.29 is 19.2 Å². The monoisotopic (exact) mass is 391 g/mol. The quantitative estimate of drug-likeness (QED) is 0.536. The summed E-state index contributed by atoms with van der Waals surface area (Å²) in [6.45, 7) is 0.956. The van der Waals surface area contributed by atoms with E-state index in [4.69, 9.17) is 21.1 Å². The lowest BCUT2D eigenvalue weighted by molar-refractivity contribution is -0.384. The maximum absolute atomic E-state index is 12.4. The molecule has 0 bridgehead atoms. The van der Waals surface area contributed by atoms with Gasteiger partial charge in [-0.25, -0.2) is 4.98 Å². The number of carbonyl (C=O) groups is 1. The number of benzene rings is 2. The van der Waals surface area contributed by atoms with E-state index in [0.717, 1.165) is 10.8 Å². The van der Waals surface area contributed by atoms with Gasteiger partial charge in [0.2, 0.25) is 0 Å². The van der Waals surface area contributed by atoms with E-state index in [2.05, 4.69) is 10.3 Å². The first-order valence-corrected chi connectivity index (χ1v) is 8.66. The number of nitrogens with zero attached hydrogens (tertiary/aromatic N) is 2. The van der Waals surface area contributed by atoms with Gasteiger partial charge in [-0.1, -0.05) is 22.9 Å². The van der Waals surface area contributed by atoms with Gasteiger partial charge < -0.3 is 9.47 Å². The number of rotatable bonds is 3. The van der Waals surface area contributed by atoms with Crippen molar-refractivity contribution in [2.75, 3.05) is 18.5 Å². The number of nitrogens with one attached hydrogen (secondary N) is 1. The van der Waals surface area contributed by atoms with Crippen molar-refractivity contribution in [1.82, 2.24) is 4.98 Å². The van der Waals surface area contributed by atoms with Gasteiger partial charge in [0, 0.05) is 23.8 Å². The Kier molecular flexibility index (Phi) is 4.09. The SMILES string of the molecule is O=C(Nc1nc2cc3c(cc2s1)OCCO3)c1ccc(Cl)c([N+](=O)[O-])c1. The molecule has 1 aliphatic rings. The predicted molar refractivity (Wildman–Crippen MR) is 96.7 cm³/mol. The molecular weight excluding hydrogens is 382 g/mol. The molecule has 1 amide bonds. The molecule has 1 N–H and O–H groups in total. The summed E-state index contributed by atoms with van der Waals surface area (Å²) in [6, 6.07) is 7.42. The summed E-state index contributed by atoms with van der Waals surface area (Å²) >= 11 is 7.03. The normalized spacial score (nSPS) is 12.8. The highest BCUT2D eigenvalue weighted by Crippen LogP contribution is 2.38. The topological polar surface area (TPSA) is 104 Å². The van der Waals surface area contributed by atoms with E-state index in [-0.39, 0.29) is 16.3 Å². The fourth-order valence-electron chi connectivity index (χ4n) is 2.48. The molecule has 1 aliphatic heterocycles. The molecule has 0 radical (unpaired) electrons. The number of aromatic nitrogens is 1. The van der Waals surface area contributed by atoms with Crippen molar-refractivity contribution in [2.24, 2.45) is 0 Å². The van der Waals surface area contributed by atoms with Crippen LogP contribution in [0.5, 0.6) is 11.5 Å². The van der Waals surface area contributed by atoms with Gasteiger partial charge in [0.05, 0.1) is 15.1 Å². The minimum atomic E-state index is -0.638. The Morgan fingerprint density at radius 2 is 1.96 bits per heavy atom. The number of hydrogen-bond donors (Lipinski definition) is 1. The van der Waals surface area contributed by atoms with Gasteiger partial charge in [-0.05, 0) is 12.1 Å². The van der Waals surface area contributed by atoms with Crippen LogP contribution < -0.4 is 14.8 Å². The summed E-state index contributed by atoms with van der Waals surface area (Å²) in [4.78, 5) is 27.0. The Morgan fingerprint density at radius 3 is 2.69 bits per heavy atom. The zero-order chi connectivity index (χ0) is 18.3. The van der Waals surface area contributed by atoms with Gasteiger partial charge in [0.15, 0.2) is 16.6 Å². The predicted octanol–water partition coefficient (Wildman–Crippen LogP) is 3.88. The molecule has 0 atom stereocenters. The zero-order valence-corrected chi connectivity index (χ0v) is 14.6. The van der Waals surface area contributed by atoms with Gasteiger partial charge in [-0.15, -0.1) is 0 Å². The fourth-order valence-corrected chi connectivity index (χ4v) is 3.54. The van der Waals surface area contributed by atoms with Crippen LogP contribution in [0.3, 0.4) is 0 Å². The number of nitro groups is 1.